The number of carbonyl (C=O) groups excluding carboxylic acids is 1. The first-order chi connectivity index (χ1) is 7.81. The van der Waals surface area contributed by atoms with E-state index in [0.717, 1.165) is 5.56 Å². The van der Waals surface area contributed by atoms with E-state index in [4.69, 9.17) is 22.1 Å². The van der Waals surface area contributed by atoms with Crippen molar-refractivity contribution in [3.05, 3.63) is 28.3 Å². The molecule has 1 rings (SSSR count). The zero-order chi connectivity index (χ0) is 13.2. The molecule has 1 aromatic rings. The van der Waals surface area contributed by atoms with E-state index in [1.54, 1.807) is 13.2 Å². The van der Waals surface area contributed by atoms with E-state index in [-0.39, 0.29) is 17.7 Å². The van der Waals surface area contributed by atoms with Gasteiger partial charge in [-0.3, -0.25) is 4.79 Å². The molecule has 0 aliphatic rings. The maximum atomic E-state index is 11.8. The van der Waals surface area contributed by atoms with Crippen molar-refractivity contribution in [3.8, 4) is 5.75 Å². The predicted octanol–water partition coefficient (Wildman–Crippen LogP) is 2.79. The van der Waals surface area contributed by atoms with Crippen molar-refractivity contribution < 1.29 is 9.53 Å². The molecule has 0 saturated carbocycles. The van der Waals surface area contributed by atoms with Gasteiger partial charge in [-0.15, -0.1) is 0 Å². The van der Waals surface area contributed by atoms with Gasteiger partial charge in [0.15, 0.2) is 5.78 Å². The number of halogens is 1. The van der Waals surface area contributed by atoms with E-state index in [0.29, 0.717) is 16.3 Å². The zero-order valence-electron chi connectivity index (χ0n) is 10.6. The second-order valence-corrected chi connectivity index (χ2v) is 5.35. The van der Waals surface area contributed by atoms with E-state index >= 15 is 0 Å². The first-order valence-electron chi connectivity index (χ1n) is 5.42. The highest BCUT2D eigenvalue weighted by atomic mass is 35.5. The molecular formula is C13H18ClNO2. The molecular weight excluding hydrogens is 238 g/mol. The molecule has 0 saturated heterocycles. The van der Waals surface area contributed by atoms with E-state index < -0.39 is 0 Å². The summed E-state index contributed by atoms with van der Waals surface area (Å²) < 4.78 is 5.35. The molecule has 1 aromatic carbocycles. The topological polar surface area (TPSA) is 52.3 Å². The average molecular weight is 256 g/mol. The number of rotatable bonds is 3. The molecule has 0 aromatic heterocycles. The van der Waals surface area contributed by atoms with E-state index in [1.807, 2.05) is 26.8 Å². The number of nitrogens with two attached hydrogens (primary N) is 1. The van der Waals surface area contributed by atoms with E-state index in [9.17, 15) is 4.79 Å². The van der Waals surface area contributed by atoms with E-state index in [2.05, 4.69) is 0 Å². The Balaban J connectivity index is 3.52. The highest BCUT2D eigenvalue weighted by molar-refractivity contribution is 6.31. The summed E-state index contributed by atoms with van der Waals surface area (Å²) in [5.41, 5.74) is 6.59. The molecule has 0 fully saturated rings. The summed E-state index contributed by atoms with van der Waals surface area (Å²) in [5, 5.41) is 0.521. The van der Waals surface area contributed by atoms with Crippen LogP contribution in [0.25, 0.3) is 0 Å². The van der Waals surface area contributed by atoms with Gasteiger partial charge in [0, 0.05) is 10.6 Å². The average Bonchev–Trinajstić information content (AvgIpc) is 2.25. The Morgan fingerprint density at radius 2 is 2.00 bits per heavy atom. The first-order valence-corrected chi connectivity index (χ1v) is 5.80. The van der Waals surface area contributed by atoms with Gasteiger partial charge in [0.2, 0.25) is 0 Å². The summed E-state index contributed by atoms with van der Waals surface area (Å²) in [7, 11) is 1.55. The van der Waals surface area contributed by atoms with Gasteiger partial charge in [0.1, 0.15) is 5.75 Å². The molecule has 0 spiro atoms. The minimum absolute atomic E-state index is 0.0553. The highest BCUT2D eigenvalue weighted by Gasteiger charge is 2.24. The SMILES string of the molecule is COc1c(C(=O)CN)cc(Cl)cc1C(C)(C)C. The molecule has 0 heterocycles. The van der Waals surface area contributed by atoms with Crippen molar-refractivity contribution in [2.24, 2.45) is 5.73 Å². The highest BCUT2D eigenvalue weighted by Crippen LogP contribution is 2.36. The lowest BCUT2D eigenvalue weighted by Crippen LogP contribution is -2.19. The molecule has 4 heteroatoms. The summed E-state index contributed by atoms with van der Waals surface area (Å²) in [4.78, 5) is 11.8. The van der Waals surface area contributed by atoms with Gasteiger partial charge in [0.25, 0.3) is 0 Å². The van der Waals surface area contributed by atoms with Crippen molar-refractivity contribution in [2.45, 2.75) is 26.2 Å². The quantitative estimate of drug-likeness (QED) is 0.845. The van der Waals surface area contributed by atoms with Gasteiger partial charge in [-0.25, -0.2) is 0 Å². The molecule has 0 amide bonds. The van der Waals surface area contributed by atoms with Gasteiger partial charge in [-0.2, -0.15) is 0 Å². The predicted molar refractivity (Wildman–Crippen MR) is 70.1 cm³/mol. The van der Waals surface area contributed by atoms with Crippen LogP contribution in [0, 0.1) is 0 Å². The van der Waals surface area contributed by atoms with Crippen LogP contribution in [0.15, 0.2) is 12.1 Å². The lowest BCUT2D eigenvalue weighted by atomic mass is 9.84. The van der Waals surface area contributed by atoms with Gasteiger partial charge >= 0.3 is 0 Å². The van der Waals surface area contributed by atoms with Crippen LogP contribution >= 0.6 is 11.6 Å². The minimum atomic E-state index is -0.171. The number of benzene rings is 1. The van der Waals surface area contributed by atoms with Crippen LogP contribution in [-0.2, 0) is 5.41 Å². The number of methoxy groups -OCH3 is 1. The minimum Gasteiger partial charge on any atom is -0.496 e. The zero-order valence-corrected chi connectivity index (χ0v) is 11.4. The standard InChI is InChI=1S/C13H18ClNO2/c1-13(2,3)10-6-8(14)5-9(11(16)7-15)12(10)17-4/h5-6H,7,15H2,1-4H3. The lowest BCUT2D eigenvalue weighted by molar-refractivity contribution is 0.0998. The van der Waals surface area contributed by atoms with Crippen molar-refractivity contribution >= 4 is 17.4 Å². The summed E-state index contributed by atoms with van der Waals surface area (Å²) in [5.74, 6) is 0.396. The van der Waals surface area contributed by atoms with Gasteiger partial charge in [-0.1, -0.05) is 32.4 Å². The number of ether oxygens (including phenoxy) is 1. The smallest absolute Gasteiger partial charge is 0.180 e. The Labute approximate surface area is 107 Å². The number of ketones is 1. The molecule has 94 valence electrons. The van der Waals surface area contributed by atoms with E-state index in [1.165, 1.54) is 0 Å². The Morgan fingerprint density at radius 1 is 1.41 bits per heavy atom. The van der Waals surface area contributed by atoms with Crippen molar-refractivity contribution in [2.75, 3.05) is 13.7 Å². The van der Waals surface area contributed by atoms with Crippen LogP contribution in [0.5, 0.6) is 5.75 Å². The van der Waals surface area contributed by atoms with Gasteiger partial charge < -0.3 is 10.5 Å². The van der Waals surface area contributed by atoms with Crippen LogP contribution in [-0.4, -0.2) is 19.4 Å². The Morgan fingerprint density at radius 3 is 2.41 bits per heavy atom. The summed E-state index contributed by atoms with van der Waals surface area (Å²) in [6, 6.07) is 3.43. The summed E-state index contributed by atoms with van der Waals surface area (Å²) >= 11 is 6.04. The van der Waals surface area contributed by atoms with Crippen LogP contribution in [0.3, 0.4) is 0 Å². The molecule has 0 unspecified atom stereocenters. The maximum Gasteiger partial charge on any atom is 0.180 e. The van der Waals surface area contributed by atoms with Crippen molar-refractivity contribution in [1.29, 1.82) is 0 Å². The normalized spacial score (nSPS) is 11.4. The van der Waals surface area contributed by atoms with Crippen molar-refractivity contribution in [1.82, 2.24) is 0 Å². The largest absolute Gasteiger partial charge is 0.496 e. The van der Waals surface area contributed by atoms with Crippen LogP contribution in [0.1, 0.15) is 36.7 Å². The van der Waals surface area contributed by atoms with Crippen LogP contribution in [0.4, 0.5) is 0 Å². The molecule has 0 atom stereocenters. The van der Waals surface area contributed by atoms with Crippen LogP contribution < -0.4 is 10.5 Å². The second-order valence-electron chi connectivity index (χ2n) is 4.91. The number of hydrogen-bond acceptors (Lipinski definition) is 3. The lowest BCUT2D eigenvalue weighted by Gasteiger charge is -2.24. The van der Waals surface area contributed by atoms with Crippen LogP contribution in [0.2, 0.25) is 5.02 Å². The summed E-state index contributed by atoms with van der Waals surface area (Å²) in [6.07, 6.45) is 0. The third-order valence-electron chi connectivity index (χ3n) is 2.55. The fraction of sp³-hybridized carbons (Fsp3) is 0.462. The monoisotopic (exact) mass is 255 g/mol. The Bertz CT molecular complexity index is 436. The first kappa shape index (κ1) is 14.0. The third kappa shape index (κ3) is 2.99. The Kier molecular flexibility index (Phi) is 4.17. The number of hydrogen-bond donors (Lipinski definition) is 1. The van der Waals surface area contributed by atoms with Gasteiger partial charge in [0.05, 0.1) is 19.2 Å². The second kappa shape index (κ2) is 5.07. The Hall–Kier alpha value is -1.06. The number of Topliss-reactive ketones (excluding diaryl/α,β-unsaturated/α-hetero) is 1. The maximum absolute atomic E-state index is 11.8. The van der Waals surface area contributed by atoms with Crippen molar-refractivity contribution in [3.63, 3.8) is 0 Å². The fourth-order valence-electron chi connectivity index (χ4n) is 1.69. The molecule has 0 bridgehead atoms. The molecule has 17 heavy (non-hydrogen) atoms. The number of carbonyl (C=O) groups is 1. The third-order valence-corrected chi connectivity index (χ3v) is 2.77. The molecule has 0 aliphatic heterocycles. The molecule has 0 aliphatic carbocycles. The molecule has 3 nitrogen and oxygen atoms in total. The molecule has 2 N–H and O–H groups in total. The van der Waals surface area contributed by atoms with Gasteiger partial charge in [-0.05, 0) is 17.5 Å². The molecule has 0 radical (unpaired) electrons. The summed E-state index contributed by atoms with van der Waals surface area (Å²) in [6.45, 7) is 6.06. The fourth-order valence-corrected chi connectivity index (χ4v) is 1.91.